The molecule has 0 saturated carbocycles. The molecule has 38 heavy (non-hydrogen) atoms. The lowest BCUT2D eigenvalue weighted by atomic mass is 9.73. The van der Waals surface area contributed by atoms with Crippen molar-refractivity contribution in [1.29, 1.82) is 0 Å². The summed E-state index contributed by atoms with van der Waals surface area (Å²) in [5.41, 5.74) is -1.30. The van der Waals surface area contributed by atoms with E-state index < -0.39 is 77.6 Å². The number of nitrogens with zero attached hydrogens (tertiary/aromatic N) is 1. The number of carbonyl (C=O) groups excluding carboxylic acids is 2. The Morgan fingerprint density at radius 1 is 1.21 bits per heavy atom. The molecule has 2 aliphatic heterocycles. The van der Waals surface area contributed by atoms with Gasteiger partial charge in [-0.15, -0.1) is 0 Å². The number of fused-ring (bicyclic) bond motifs is 1. The fraction of sp³-hybridized carbons (Fsp3) is 0.667. The van der Waals surface area contributed by atoms with Gasteiger partial charge in [0, 0.05) is 36.9 Å². The van der Waals surface area contributed by atoms with Gasteiger partial charge in [-0.25, -0.2) is 4.98 Å². The summed E-state index contributed by atoms with van der Waals surface area (Å²) in [5, 5.41) is 24.7. The Kier molecular flexibility index (Phi) is 8.95. The molecule has 1 saturated heterocycles. The van der Waals surface area contributed by atoms with Crippen LogP contribution in [0.3, 0.4) is 0 Å². The maximum atomic E-state index is 13.9. The fourth-order valence-corrected chi connectivity index (χ4v) is 4.99. The summed E-state index contributed by atoms with van der Waals surface area (Å²) in [7, 11) is 0. The smallest absolute Gasteiger partial charge is 0.412 e. The summed E-state index contributed by atoms with van der Waals surface area (Å²) in [4.78, 5) is 30.2. The maximum Gasteiger partial charge on any atom is 0.412 e. The lowest BCUT2D eigenvalue weighted by molar-refractivity contribution is -0.154. The summed E-state index contributed by atoms with van der Waals surface area (Å²) in [6, 6.07) is -0.935. The Morgan fingerprint density at radius 3 is 2.45 bits per heavy atom. The van der Waals surface area contributed by atoms with Gasteiger partial charge >= 0.3 is 12.1 Å². The summed E-state index contributed by atoms with van der Waals surface area (Å²) < 4.78 is 52.5. The lowest BCUT2D eigenvalue weighted by Gasteiger charge is -2.34. The molecule has 0 amide bonds. The minimum atomic E-state index is -4.61. The van der Waals surface area contributed by atoms with E-state index in [1.807, 2.05) is 0 Å². The Morgan fingerprint density at radius 2 is 1.87 bits per heavy atom. The van der Waals surface area contributed by atoms with E-state index in [2.05, 4.69) is 10.3 Å². The quantitative estimate of drug-likeness (QED) is 0.291. The molecule has 7 atom stereocenters. The molecule has 2 unspecified atom stereocenters. The predicted octanol–water partition coefficient (Wildman–Crippen LogP) is 3.90. The van der Waals surface area contributed by atoms with Crippen molar-refractivity contribution < 1.29 is 42.1 Å². The van der Waals surface area contributed by atoms with Gasteiger partial charge in [-0.3, -0.25) is 9.59 Å². The first-order valence-electron chi connectivity index (χ1n) is 12.7. The number of halogens is 3. The number of ether oxygens (including phenoxy) is 1. The normalized spacial score (nSPS) is 35.2. The zero-order valence-corrected chi connectivity index (χ0v) is 22.5. The minimum absolute atomic E-state index is 0.259. The van der Waals surface area contributed by atoms with E-state index in [0.717, 1.165) is 6.08 Å². The van der Waals surface area contributed by atoms with Crippen molar-refractivity contribution in [3.63, 3.8) is 0 Å². The van der Waals surface area contributed by atoms with Gasteiger partial charge in [0.1, 0.15) is 23.8 Å². The highest BCUT2D eigenvalue weighted by Gasteiger charge is 2.49. The molecule has 0 spiro atoms. The number of alkyl halides is 3. The minimum Gasteiger partial charge on any atom is -0.457 e. The van der Waals surface area contributed by atoms with Crippen molar-refractivity contribution in [2.75, 3.05) is 0 Å². The van der Waals surface area contributed by atoms with Crippen molar-refractivity contribution >= 4 is 17.8 Å². The van der Waals surface area contributed by atoms with Crippen LogP contribution >= 0.6 is 0 Å². The molecule has 3 rings (SSSR count). The average Bonchev–Trinajstić information content (AvgIpc) is 3.48. The van der Waals surface area contributed by atoms with Gasteiger partial charge in [-0.2, -0.15) is 13.2 Å². The van der Waals surface area contributed by atoms with Crippen LogP contribution in [-0.2, 0) is 14.3 Å². The van der Waals surface area contributed by atoms with Crippen LogP contribution in [0.2, 0.25) is 0 Å². The van der Waals surface area contributed by atoms with Gasteiger partial charge in [0.2, 0.25) is 0 Å². The molecular weight excluding hydrogens is 505 g/mol. The zero-order valence-electron chi connectivity index (χ0n) is 22.5. The van der Waals surface area contributed by atoms with Crippen LogP contribution in [0.15, 0.2) is 27.9 Å². The van der Waals surface area contributed by atoms with Gasteiger partial charge in [-0.1, -0.05) is 33.8 Å². The molecule has 1 fully saturated rings. The Balaban J connectivity index is 1.98. The number of aryl methyl sites for hydroxylation is 1. The second-order valence-corrected chi connectivity index (χ2v) is 11.1. The van der Waals surface area contributed by atoms with Crippen molar-refractivity contribution in [3.05, 3.63) is 35.1 Å². The molecule has 212 valence electrons. The molecule has 1 aromatic rings. The topological polar surface area (TPSA) is 132 Å². The monoisotopic (exact) mass is 542 g/mol. The average molecular weight is 543 g/mol. The summed E-state index contributed by atoms with van der Waals surface area (Å²) in [6.45, 7) is 9.44. The molecular formula is C27H37F3N2O6. The van der Waals surface area contributed by atoms with Crippen molar-refractivity contribution in [2.24, 2.45) is 17.3 Å². The second-order valence-electron chi connectivity index (χ2n) is 11.1. The summed E-state index contributed by atoms with van der Waals surface area (Å²) in [5.74, 6) is -2.35. The van der Waals surface area contributed by atoms with Crippen molar-refractivity contribution in [2.45, 2.75) is 97.4 Å². The van der Waals surface area contributed by atoms with E-state index in [9.17, 15) is 33.0 Å². The van der Waals surface area contributed by atoms with E-state index in [4.69, 9.17) is 9.15 Å². The summed E-state index contributed by atoms with van der Waals surface area (Å²) >= 11 is 0. The number of esters is 1. The van der Waals surface area contributed by atoms with E-state index in [1.54, 1.807) is 26.8 Å². The molecule has 3 heterocycles. The standard InChI is InChI=1S/C27H37F3N2O6/c1-13(9-18-12-37-16(4)31-18)20-8-7-17(27(28,29)30)10-19-23(32-19)14(2)24(35)15(3)25(36)26(5,6)21(33)11-22(34)38-20/h7,9,12,14-15,19-21,23-24,32-33,35H,8,10-11H2,1-6H3/b13-9+,17-7+/t14-,15+,19?,20-,21-,23?,24-/m0/s1. The lowest BCUT2D eigenvalue weighted by Crippen LogP contribution is -2.46. The van der Waals surface area contributed by atoms with Gasteiger partial charge in [0.05, 0.1) is 24.0 Å². The first kappa shape index (κ1) is 30.0. The first-order valence-corrected chi connectivity index (χ1v) is 12.7. The Labute approximate surface area is 220 Å². The second kappa shape index (κ2) is 11.3. The highest BCUT2D eigenvalue weighted by atomic mass is 19.4. The highest BCUT2D eigenvalue weighted by Crippen LogP contribution is 2.38. The number of hydrogen-bond acceptors (Lipinski definition) is 8. The zero-order chi connectivity index (χ0) is 28.6. The largest absolute Gasteiger partial charge is 0.457 e. The van der Waals surface area contributed by atoms with Gasteiger partial charge < -0.3 is 24.7 Å². The number of ketones is 1. The SMILES string of the molecule is C/C(=C\c1coc(C)n1)[C@@H]1C/C=C(/C(F)(F)F)CC2NC2[C@H](C)[C@H](O)[C@@H](C)C(=O)C(C)(C)[C@@H](O)CC(=O)O1. The first-order chi connectivity index (χ1) is 17.5. The van der Waals surface area contributed by atoms with Crippen LogP contribution in [0, 0.1) is 24.2 Å². The third-order valence-corrected chi connectivity index (χ3v) is 7.77. The van der Waals surface area contributed by atoms with E-state index >= 15 is 0 Å². The summed E-state index contributed by atoms with van der Waals surface area (Å²) in [6.07, 6.45) is -5.44. The van der Waals surface area contributed by atoms with Crippen molar-refractivity contribution in [3.8, 4) is 0 Å². The molecule has 11 heteroatoms. The number of cyclic esters (lactones) is 1. The number of carbonyl (C=O) groups is 2. The Hall–Kier alpha value is -2.50. The van der Waals surface area contributed by atoms with Gasteiger partial charge in [-0.05, 0) is 30.9 Å². The van der Waals surface area contributed by atoms with Crippen LogP contribution in [0.1, 0.15) is 65.5 Å². The number of nitrogens with one attached hydrogen (secondary N) is 1. The van der Waals surface area contributed by atoms with Gasteiger partial charge in [0.15, 0.2) is 5.89 Å². The number of oxazole rings is 1. The number of rotatable bonds is 2. The van der Waals surface area contributed by atoms with Crippen LogP contribution < -0.4 is 5.32 Å². The molecule has 0 aromatic carbocycles. The maximum absolute atomic E-state index is 13.9. The molecule has 0 aliphatic carbocycles. The fourth-order valence-electron chi connectivity index (χ4n) is 4.99. The molecule has 0 radical (unpaired) electrons. The number of aromatic nitrogens is 1. The predicted molar refractivity (Wildman–Crippen MR) is 133 cm³/mol. The van der Waals surface area contributed by atoms with Crippen molar-refractivity contribution in [1.82, 2.24) is 10.3 Å². The number of aliphatic hydroxyl groups excluding tert-OH is 2. The third-order valence-electron chi connectivity index (χ3n) is 7.77. The molecule has 2 aliphatic rings. The molecule has 1 aromatic heterocycles. The third kappa shape index (κ3) is 6.92. The van der Waals surface area contributed by atoms with Gasteiger partial charge in [0.25, 0.3) is 0 Å². The van der Waals surface area contributed by atoms with E-state index in [-0.39, 0.29) is 12.8 Å². The number of hydrogen-bond donors (Lipinski definition) is 3. The molecule has 0 bridgehead atoms. The molecule has 3 N–H and O–H groups in total. The van der Waals surface area contributed by atoms with E-state index in [1.165, 1.54) is 27.0 Å². The Bertz CT molecular complexity index is 1090. The van der Waals surface area contributed by atoms with Crippen LogP contribution in [0.5, 0.6) is 0 Å². The van der Waals surface area contributed by atoms with E-state index in [0.29, 0.717) is 17.2 Å². The van der Waals surface area contributed by atoms with Crippen LogP contribution in [0.4, 0.5) is 13.2 Å². The highest BCUT2D eigenvalue weighted by molar-refractivity contribution is 5.88. The number of aliphatic hydroxyl groups is 2. The van der Waals surface area contributed by atoms with Crippen LogP contribution in [-0.4, -0.2) is 63.5 Å². The van der Waals surface area contributed by atoms with Crippen LogP contribution in [0.25, 0.3) is 6.08 Å². The number of Topliss-reactive ketones (excluding diaryl/α,β-unsaturated/α-hetero) is 1. The molecule has 8 nitrogen and oxygen atoms in total.